The van der Waals surface area contributed by atoms with E-state index >= 15 is 0 Å². The lowest BCUT2D eigenvalue weighted by atomic mass is 10.0. The fourth-order valence-corrected chi connectivity index (χ4v) is 3.81. The maximum absolute atomic E-state index is 13.3. The molecule has 1 aliphatic rings. The van der Waals surface area contributed by atoms with Gasteiger partial charge in [0.05, 0.1) is 7.11 Å². The number of likely N-dealkylation sites (tertiary alicyclic amines) is 1. The summed E-state index contributed by atoms with van der Waals surface area (Å²) in [7, 11) is 3.79. The predicted octanol–water partition coefficient (Wildman–Crippen LogP) is 3.91. The SMILES string of the molecule is COc1ccc(Cc2noc(N(Cc3ccc(F)cc3)C3CCN(C)CC3)n2)cc1. The molecule has 1 fully saturated rings. The molecule has 6 nitrogen and oxygen atoms in total. The summed E-state index contributed by atoms with van der Waals surface area (Å²) in [6.45, 7) is 2.66. The average Bonchev–Trinajstić information content (AvgIpc) is 3.23. The van der Waals surface area contributed by atoms with Crippen molar-refractivity contribution in [3.63, 3.8) is 0 Å². The van der Waals surface area contributed by atoms with Crippen molar-refractivity contribution in [2.75, 3.05) is 32.1 Å². The Morgan fingerprint density at radius 3 is 2.40 bits per heavy atom. The lowest BCUT2D eigenvalue weighted by Gasteiger charge is -2.36. The minimum absolute atomic E-state index is 0.232. The van der Waals surface area contributed by atoms with Crippen LogP contribution in [0.25, 0.3) is 0 Å². The van der Waals surface area contributed by atoms with Gasteiger partial charge in [0.15, 0.2) is 5.82 Å². The Kier molecular flexibility index (Phi) is 6.28. The quantitative estimate of drug-likeness (QED) is 0.589. The molecule has 3 aromatic rings. The molecule has 1 aliphatic heterocycles. The van der Waals surface area contributed by atoms with Crippen molar-refractivity contribution in [2.45, 2.75) is 31.8 Å². The molecule has 0 aliphatic carbocycles. The highest BCUT2D eigenvalue weighted by molar-refractivity contribution is 5.33. The van der Waals surface area contributed by atoms with E-state index in [1.165, 1.54) is 12.1 Å². The smallest absolute Gasteiger partial charge is 0.324 e. The Labute approximate surface area is 176 Å². The average molecular weight is 410 g/mol. The number of halogens is 1. The summed E-state index contributed by atoms with van der Waals surface area (Å²) in [6.07, 6.45) is 2.63. The van der Waals surface area contributed by atoms with Crippen LogP contribution in [-0.4, -0.2) is 48.3 Å². The molecular weight excluding hydrogens is 383 g/mol. The number of ether oxygens (including phenoxy) is 1. The lowest BCUT2D eigenvalue weighted by Crippen LogP contribution is -2.43. The van der Waals surface area contributed by atoms with Crippen LogP contribution < -0.4 is 9.64 Å². The van der Waals surface area contributed by atoms with Crippen LogP contribution in [0.1, 0.15) is 29.8 Å². The molecule has 0 radical (unpaired) electrons. The van der Waals surface area contributed by atoms with Crippen LogP contribution in [-0.2, 0) is 13.0 Å². The second kappa shape index (κ2) is 9.26. The zero-order valence-electron chi connectivity index (χ0n) is 17.4. The molecule has 0 spiro atoms. The molecule has 0 amide bonds. The zero-order chi connectivity index (χ0) is 20.9. The van der Waals surface area contributed by atoms with Gasteiger partial charge in [0.2, 0.25) is 0 Å². The standard InChI is InChI=1S/C23H27FN4O2/c1-27-13-11-20(12-14-27)28(16-18-3-7-19(24)8-4-18)23-25-22(26-30-23)15-17-5-9-21(29-2)10-6-17/h3-10,20H,11-16H2,1-2H3. The number of hydrogen-bond acceptors (Lipinski definition) is 6. The minimum Gasteiger partial charge on any atom is -0.497 e. The van der Waals surface area contributed by atoms with Crippen molar-refractivity contribution in [2.24, 2.45) is 0 Å². The van der Waals surface area contributed by atoms with Crippen LogP contribution in [0.4, 0.5) is 10.4 Å². The third-order valence-electron chi connectivity index (χ3n) is 5.62. The Balaban J connectivity index is 1.52. The van der Waals surface area contributed by atoms with Gasteiger partial charge in [-0.05, 0) is 68.4 Å². The third-order valence-corrected chi connectivity index (χ3v) is 5.62. The van der Waals surface area contributed by atoms with Crippen molar-refractivity contribution >= 4 is 6.01 Å². The molecule has 0 N–H and O–H groups in total. The molecule has 30 heavy (non-hydrogen) atoms. The number of piperidine rings is 1. The van der Waals surface area contributed by atoms with E-state index in [0.29, 0.717) is 30.8 Å². The summed E-state index contributed by atoms with van der Waals surface area (Å²) in [5.41, 5.74) is 2.11. The summed E-state index contributed by atoms with van der Waals surface area (Å²) in [6, 6.07) is 15.3. The second-order valence-electron chi connectivity index (χ2n) is 7.81. The summed E-state index contributed by atoms with van der Waals surface area (Å²) < 4.78 is 24.2. The molecule has 2 aromatic carbocycles. The van der Waals surface area contributed by atoms with Crippen LogP contribution in [0.15, 0.2) is 53.1 Å². The van der Waals surface area contributed by atoms with E-state index < -0.39 is 0 Å². The van der Waals surface area contributed by atoms with Gasteiger partial charge < -0.3 is 19.1 Å². The lowest BCUT2D eigenvalue weighted by molar-refractivity contribution is 0.242. The molecule has 0 unspecified atom stereocenters. The van der Waals surface area contributed by atoms with Gasteiger partial charge >= 0.3 is 6.01 Å². The summed E-state index contributed by atoms with van der Waals surface area (Å²) in [5.74, 6) is 1.23. The number of rotatable bonds is 7. The number of anilines is 1. The van der Waals surface area contributed by atoms with E-state index in [0.717, 1.165) is 42.8 Å². The van der Waals surface area contributed by atoms with Gasteiger partial charge in [-0.15, -0.1) is 0 Å². The van der Waals surface area contributed by atoms with E-state index in [2.05, 4.69) is 27.0 Å². The van der Waals surface area contributed by atoms with Gasteiger partial charge in [-0.3, -0.25) is 0 Å². The largest absolute Gasteiger partial charge is 0.497 e. The topological polar surface area (TPSA) is 54.6 Å². The van der Waals surface area contributed by atoms with E-state index in [9.17, 15) is 4.39 Å². The maximum Gasteiger partial charge on any atom is 0.324 e. The summed E-state index contributed by atoms with van der Waals surface area (Å²) in [5, 5.41) is 4.21. The summed E-state index contributed by atoms with van der Waals surface area (Å²) in [4.78, 5) is 9.19. The van der Waals surface area contributed by atoms with Crippen molar-refractivity contribution in [3.05, 3.63) is 71.3 Å². The fraction of sp³-hybridized carbons (Fsp3) is 0.391. The molecule has 0 atom stereocenters. The fourth-order valence-electron chi connectivity index (χ4n) is 3.81. The molecular formula is C23H27FN4O2. The molecule has 158 valence electrons. The number of methoxy groups -OCH3 is 1. The molecule has 2 heterocycles. The predicted molar refractivity (Wildman–Crippen MR) is 113 cm³/mol. The van der Waals surface area contributed by atoms with Gasteiger partial charge in [0.1, 0.15) is 11.6 Å². The van der Waals surface area contributed by atoms with E-state index in [4.69, 9.17) is 9.26 Å². The van der Waals surface area contributed by atoms with Gasteiger partial charge in [-0.2, -0.15) is 4.98 Å². The molecule has 0 bridgehead atoms. The van der Waals surface area contributed by atoms with Crippen molar-refractivity contribution in [1.29, 1.82) is 0 Å². The molecule has 4 rings (SSSR count). The van der Waals surface area contributed by atoms with Crippen LogP contribution in [0.3, 0.4) is 0 Å². The van der Waals surface area contributed by atoms with Crippen molar-refractivity contribution in [1.82, 2.24) is 15.0 Å². The minimum atomic E-state index is -0.232. The van der Waals surface area contributed by atoms with E-state index in [1.807, 2.05) is 36.4 Å². The molecule has 0 saturated carbocycles. The number of aromatic nitrogens is 2. The van der Waals surface area contributed by atoms with Crippen molar-refractivity contribution in [3.8, 4) is 5.75 Å². The molecule has 1 aromatic heterocycles. The highest BCUT2D eigenvalue weighted by atomic mass is 19.1. The van der Waals surface area contributed by atoms with Crippen LogP contribution in [0.2, 0.25) is 0 Å². The van der Waals surface area contributed by atoms with Gasteiger partial charge in [0, 0.05) is 19.0 Å². The first kappa shape index (κ1) is 20.3. The van der Waals surface area contributed by atoms with Crippen LogP contribution in [0.5, 0.6) is 5.75 Å². The maximum atomic E-state index is 13.3. The van der Waals surface area contributed by atoms with Crippen molar-refractivity contribution < 1.29 is 13.7 Å². The zero-order valence-corrected chi connectivity index (χ0v) is 17.4. The number of benzene rings is 2. The van der Waals surface area contributed by atoms with Gasteiger partial charge in [-0.25, -0.2) is 4.39 Å². The molecule has 7 heteroatoms. The Bertz CT molecular complexity index is 935. The Morgan fingerprint density at radius 1 is 1.07 bits per heavy atom. The van der Waals surface area contributed by atoms with Gasteiger partial charge in [-0.1, -0.05) is 29.4 Å². The first-order valence-corrected chi connectivity index (χ1v) is 10.3. The monoisotopic (exact) mass is 410 g/mol. The van der Waals surface area contributed by atoms with E-state index in [1.54, 1.807) is 7.11 Å². The Hall–Kier alpha value is -2.93. The van der Waals surface area contributed by atoms with Crippen LogP contribution >= 0.6 is 0 Å². The first-order chi connectivity index (χ1) is 14.6. The highest BCUT2D eigenvalue weighted by Crippen LogP contribution is 2.25. The third kappa shape index (κ3) is 4.97. The Morgan fingerprint density at radius 2 is 1.73 bits per heavy atom. The summed E-state index contributed by atoms with van der Waals surface area (Å²) >= 11 is 0. The molecule has 1 saturated heterocycles. The number of hydrogen-bond donors (Lipinski definition) is 0. The second-order valence-corrected chi connectivity index (χ2v) is 7.81. The van der Waals surface area contributed by atoms with E-state index in [-0.39, 0.29) is 5.82 Å². The van der Waals surface area contributed by atoms with Crippen LogP contribution in [0, 0.1) is 5.82 Å². The normalized spacial score (nSPS) is 15.3. The van der Waals surface area contributed by atoms with Gasteiger partial charge in [0.25, 0.3) is 0 Å². The highest BCUT2D eigenvalue weighted by Gasteiger charge is 2.27. The number of nitrogens with zero attached hydrogens (tertiary/aromatic N) is 4. The first-order valence-electron chi connectivity index (χ1n) is 10.3.